The molecule has 3 rings (SSSR count). The number of aromatic nitrogens is 1. The summed E-state index contributed by atoms with van der Waals surface area (Å²) in [5.74, 6) is 1.47. The smallest absolute Gasteiger partial charge is 0.226 e. The molecule has 0 bridgehead atoms. The summed E-state index contributed by atoms with van der Waals surface area (Å²) in [5.41, 5.74) is 1.82. The molecule has 0 radical (unpaired) electrons. The second-order valence-electron chi connectivity index (χ2n) is 6.99. The Morgan fingerprint density at radius 1 is 1.33 bits per heavy atom. The fraction of sp³-hybridized carbons (Fsp3) is 0.524. The molecule has 1 aliphatic rings. The monoisotopic (exact) mass is 388 g/mol. The van der Waals surface area contributed by atoms with Gasteiger partial charge in [-0.2, -0.15) is 0 Å². The number of carbonyl (C=O) groups is 1. The van der Waals surface area contributed by atoms with E-state index in [4.69, 9.17) is 9.47 Å². The van der Waals surface area contributed by atoms with Gasteiger partial charge in [-0.25, -0.2) is 4.98 Å². The highest BCUT2D eigenvalue weighted by Crippen LogP contribution is 2.33. The molecular formula is C21H28N2O3S. The van der Waals surface area contributed by atoms with Crippen molar-refractivity contribution < 1.29 is 14.3 Å². The van der Waals surface area contributed by atoms with Crippen LogP contribution in [0.15, 0.2) is 23.6 Å². The first kappa shape index (κ1) is 19.7. The van der Waals surface area contributed by atoms with E-state index in [1.165, 1.54) is 12.8 Å². The van der Waals surface area contributed by atoms with Crippen molar-refractivity contribution in [2.45, 2.75) is 64.5 Å². The molecule has 27 heavy (non-hydrogen) atoms. The largest absolute Gasteiger partial charge is 0.493 e. The average Bonchev–Trinajstić information content (AvgIpc) is 3.33. The maximum absolute atomic E-state index is 12.3. The summed E-state index contributed by atoms with van der Waals surface area (Å²) in [7, 11) is 1.65. The Morgan fingerprint density at radius 3 is 2.78 bits per heavy atom. The Hall–Kier alpha value is -2.08. The van der Waals surface area contributed by atoms with E-state index < -0.39 is 0 Å². The van der Waals surface area contributed by atoms with Gasteiger partial charge in [-0.3, -0.25) is 4.79 Å². The lowest BCUT2D eigenvalue weighted by Gasteiger charge is -2.19. The van der Waals surface area contributed by atoms with Crippen molar-refractivity contribution in [2.24, 2.45) is 0 Å². The zero-order valence-electron chi connectivity index (χ0n) is 16.3. The number of thiazole rings is 1. The minimum absolute atomic E-state index is 0.0271. The predicted octanol–water partition coefficient (Wildman–Crippen LogP) is 4.46. The molecule has 1 N–H and O–H groups in total. The van der Waals surface area contributed by atoms with Crippen molar-refractivity contribution in [3.8, 4) is 11.5 Å². The highest BCUT2D eigenvalue weighted by molar-refractivity contribution is 7.09. The molecule has 1 aromatic heterocycles. The van der Waals surface area contributed by atoms with Gasteiger partial charge in [0, 0.05) is 5.38 Å². The van der Waals surface area contributed by atoms with E-state index in [-0.39, 0.29) is 18.1 Å². The van der Waals surface area contributed by atoms with Crippen LogP contribution in [0.1, 0.15) is 61.8 Å². The first-order chi connectivity index (χ1) is 13.1. The van der Waals surface area contributed by atoms with Gasteiger partial charge in [-0.05, 0) is 56.7 Å². The SMILES string of the molecule is CCc1nc(CC(=O)NC(C)c2ccc(OC3CCCC3)c(OC)c2)cs1. The molecule has 1 aliphatic carbocycles. The molecule has 1 aromatic carbocycles. The van der Waals surface area contributed by atoms with Crippen LogP contribution in [0.5, 0.6) is 11.5 Å². The molecular weight excluding hydrogens is 360 g/mol. The van der Waals surface area contributed by atoms with E-state index >= 15 is 0 Å². The van der Waals surface area contributed by atoms with Gasteiger partial charge in [0.15, 0.2) is 11.5 Å². The van der Waals surface area contributed by atoms with Crippen LogP contribution in [0.25, 0.3) is 0 Å². The molecule has 1 saturated carbocycles. The molecule has 0 saturated heterocycles. The summed E-state index contributed by atoms with van der Waals surface area (Å²) >= 11 is 1.60. The van der Waals surface area contributed by atoms with E-state index in [0.717, 1.165) is 41.3 Å². The number of hydrogen-bond donors (Lipinski definition) is 1. The molecule has 0 aliphatic heterocycles. The first-order valence-electron chi connectivity index (χ1n) is 9.66. The summed E-state index contributed by atoms with van der Waals surface area (Å²) in [6, 6.07) is 5.78. The molecule has 0 spiro atoms. The normalized spacial score (nSPS) is 15.5. The van der Waals surface area contributed by atoms with Gasteiger partial charge in [0.1, 0.15) is 0 Å². The quantitative estimate of drug-likeness (QED) is 0.725. The lowest BCUT2D eigenvalue weighted by atomic mass is 10.1. The fourth-order valence-corrected chi connectivity index (χ4v) is 4.11. The Bertz CT molecular complexity index is 769. The van der Waals surface area contributed by atoms with Gasteiger partial charge in [-0.15, -0.1) is 11.3 Å². The van der Waals surface area contributed by atoms with E-state index in [1.807, 2.05) is 30.5 Å². The number of nitrogens with one attached hydrogen (secondary N) is 1. The van der Waals surface area contributed by atoms with Crippen molar-refractivity contribution in [3.63, 3.8) is 0 Å². The number of aryl methyl sites for hydroxylation is 1. The fourth-order valence-electron chi connectivity index (χ4n) is 3.37. The Morgan fingerprint density at radius 2 is 2.11 bits per heavy atom. The van der Waals surface area contributed by atoms with Crippen molar-refractivity contribution in [2.75, 3.05) is 7.11 Å². The minimum Gasteiger partial charge on any atom is -0.493 e. The van der Waals surface area contributed by atoms with Crippen molar-refractivity contribution in [1.82, 2.24) is 10.3 Å². The number of nitrogens with zero attached hydrogens (tertiary/aromatic N) is 1. The maximum Gasteiger partial charge on any atom is 0.226 e. The summed E-state index contributed by atoms with van der Waals surface area (Å²) in [4.78, 5) is 16.8. The van der Waals surface area contributed by atoms with Gasteiger partial charge in [0.2, 0.25) is 5.91 Å². The Labute approximate surface area is 165 Å². The standard InChI is InChI=1S/C21H28N2O3S/c1-4-21-23-16(13-27-21)12-20(24)22-14(2)15-9-10-18(19(11-15)25-3)26-17-7-5-6-8-17/h9-11,13-14,17H,4-8,12H2,1-3H3,(H,22,24). The lowest BCUT2D eigenvalue weighted by molar-refractivity contribution is -0.121. The number of benzene rings is 1. The van der Waals surface area contributed by atoms with Crippen LogP contribution in [0.4, 0.5) is 0 Å². The van der Waals surface area contributed by atoms with Gasteiger partial charge in [0.25, 0.3) is 0 Å². The number of methoxy groups -OCH3 is 1. The third-order valence-electron chi connectivity index (χ3n) is 4.90. The van der Waals surface area contributed by atoms with Crippen LogP contribution in [0.2, 0.25) is 0 Å². The first-order valence-corrected chi connectivity index (χ1v) is 10.5. The van der Waals surface area contributed by atoms with Crippen molar-refractivity contribution in [3.05, 3.63) is 39.8 Å². The number of hydrogen-bond acceptors (Lipinski definition) is 5. The van der Waals surface area contributed by atoms with Crippen LogP contribution in [-0.4, -0.2) is 24.1 Å². The molecule has 1 fully saturated rings. The second-order valence-corrected chi connectivity index (χ2v) is 7.93. The lowest BCUT2D eigenvalue weighted by Crippen LogP contribution is -2.28. The van der Waals surface area contributed by atoms with Gasteiger partial charge >= 0.3 is 0 Å². The highest BCUT2D eigenvalue weighted by Gasteiger charge is 2.19. The van der Waals surface area contributed by atoms with Crippen LogP contribution in [0.3, 0.4) is 0 Å². The molecule has 146 valence electrons. The third-order valence-corrected chi connectivity index (χ3v) is 5.95. The second kappa shape index (κ2) is 9.22. The Balaban J connectivity index is 1.61. The third kappa shape index (κ3) is 5.22. The van der Waals surface area contributed by atoms with Crippen LogP contribution in [0, 0.1) is 0 Å². The van der Waals surface area contributed by atoms with Crippen molar-refractivity contribution in [1.29, 1.82) is 0 Å². The summed E-state index contributed by atoms with van der Waals surface area (Å²) in [5, 5.41) is 6.07. The molecule has 1 amide bonds. The summed E-state index contributed by atoms with van der Waals surface area (Å²) in [6.45, 7) is 4.04. The van der Waals surface area contributed by atoms with Gasteiger partial charge < -0.3 is 14.8 Å². The molecule has 6 heteroatoms. The van der Waals surface area contributed by atoms with Crippen LogP contribution >= 0.6 is 11.3 Å². The number of amides is 1. The summed E-state index contributed by atoms with van der Waals surface area (Å²) in [6.07, 6.45) is 6.16. The van der Waals surface area contributed by atoms with Crippen LogP contribution < -0.4 is 14.8 Å². The van der Waals surface area contributed by atoms with Gasteiger partial charge in [0.05, 0.1) is 36.4 Å². The van der Waals surface area contributed by atoms with Gasteiger partial charge in [-0.1, -0.05) is 13.0 Å². The topological polar surface area (TPSA) is 60.5 Å². The molecule has 2 aromatic rings. The number of carbonyl (C=O) groups excluding carboxylic acids is 1. The van der Waals surface area contributed by atoms with E-state index in [1.54, 1.807) is 18.4 Å². The maximum atomic E-state index is 12.3. The average molecular weight is 389 g/mol. The molecule has 1 heterocycles. The Kier molecular flexibility index (Phi) is 6.72. The van der Waals surface area contributed by atoms with E-state index in [0.29, 0.717) is 12.2 Å². The number of rotatable bonds is 8. The zero-order valence-corrected chi connectivity index (χ0v) is 17.1. The van der Waals surface area contributed by atoms with E-state index in [2.05, 4.69) is 17.2 Å². The summed E-state index contributed by atoms with van der Waals surface area (Å²) < 4.78 is 11.6. The van der Waals surface area contributed by atoms with Crippen LogP contribution in [-0.2, 0) is 17.6 Å². The number of ether oxygens (including phenoxy) is 2. The molecule has 1 atom stereocenters. The van der Waals surface area contributed by atoms with Crippen molar-refractivity contribution >= 4 is 17.2 Å². The predicted molar refractivity (Wildman–Crippen MR) is 108 cm³/mol. The zero-order chi connectivity index (χ0) is 19.2. The molecule has 1 unspecified atom stereocenters. The minimum atomic E-state index is -0.115. The van der Waals surface area contributed by atoms with E-state index in [9.17, 15) is 4.79 Å². The molecule has 5 nitrogen and oxygen atoms in total. The highest BCUT2D eigenvalue weighted by atomic mass is 32.1.